The van der Waals surface area contributed by atoms with E-state index in [1.165, 1.54) is 11.3 Å². The van der Waals surface area contributed by atoms with E-state index >= 15 is 0 Å². The Morgan fingerprint density at radius 2 is 1.77 bits per heavy atom. The third-order valence-electron chi connectivity index (χ3n) is 12.2. The number of ether oxygens (including phenoxy) is 4. The van der Waals surface area contributed by atoms with Crippen LogP contribution in [0.5, 0.6) is 5.75 Å². The fourth-order valence-electron chi connectivity index (χ4n) is 8.50. The van der Waals surface area contributed by atoms with Gasteiger partial charge < -0.3 is 50.6 Å². The molecular formula is C47H75N7O10S. The molecule has 0 bridgehead atoms. The van der Waals surface area contributed by atoms with Crippen LogP contribution in [-0.4, -0.2) is 140 Å². The number of aliphatic carboxylic acids is 1. The number of carbonyl (C=O) groups is 5. The number of aromatic nitrogens is 1. The molecule has 1 aromatic carbocycles. The fourth-order valence-corrected chi connectivity index (χ4v) is 9.36. The second-order valence-electron chi connectivity index (χ2n) is 17.6. The molecule has 0 radical (unpaired) electrons. The molecule has 7 unspecified atom stereocenters. The van der Waals surface area contributed by atoms with Gasteiger partial charge in [0.25, 0.3) is 5.91 Å². The van der Waals surface area contributed by atoms with Crippen LogP contribution in [0.2, 0.25) is 0 Å². The summed E-state index contributed by atoms with van der Waals surface area (Å²) in [6, 6.07) is 3.21. The highest BCUT2D eigenvalue weighted by molar-refractivity contribution is 7.09. The first-order valence-corrected chi connectivity index (χ1v) is 24.5. The monoisotopic (exact) mass is 930 g/mol. The average Bonchev–Trinajstić information content (AvgIpc) is 3.78. The molecule has 4 rings (SSSR count). The third-order valence-corrected chi connectivity index (χ3v) is 13.2. The first-order chi connectivity index (χ1) is 31.2. The van der Waals surface area contributed by atoms with Crippen LogP contribution < -0.4 is 26.4 Å². The Kier molecular flexibility index (Phi) is 22.6. The molecule has 1 aliphatic carbocycles. The molecule has 6 N–H and O–H groups in total. The van der Waals surface area contributed by atoms with Gasteiger partial charge in [0.15, 0.2) is 0 Å². The van der Waals surface area contributed by atoms with E-state index in [9.17, 15) is 29.1 Å². The van der Waals surface area contributed by atoms with Gasteiger partial charge in [0.1, 0.15) is 28.6 Å². The van der Waals surface area contributed by atoms with Gasteiger partial charge in [0.2, 0.25) is 11.8 Å². The number of thiazole rings is 1. The number of likely N-dealkylation sites (tertiary alicyclic amines) is 1. The Balaban J connectivity index is 1.44. The second kappa shape index (κ2) is 27.4. The highest BCUT2D eigenvalue weighted by Gasteiger charge is 2.39. The number of hydrogen-bond donors (Lipinski definition) is 5. The van der Waals surface area contributed by atoms with Crippen molar-refractivity contribution in [3.63, 3.8) is 0 Å². The molecule has 65 heavy (non-hydrogen) atoms. The van der Waals surface area contributed by atoms with E-state index in [-0.39, 0.29) is 66.7 Å². The zero-order chi connectivity index (χ0) is 47.5. The summed E-state index contributed by atoms with van der Waals surface area (Å²) in [5, 5.41) is 21.4. The lowest BCUT2D eigenvalue weighted by molar-refractivity contribution is -0.143. The molecule has 2 aromatic rings. The molecule has 364 valence electrons. The normalized spacial score (nSPS) is 19.4. The maximum Gasteiger partial charge on any atom is 0.412 e. The fraction of sp³-hybridized carbons (Fsp3) is 0.702. The quantitative estimate of drug-likeness (QED) is 0.0722. The van der Waals surface area contributed by atoms with Crippen molar-refractivity contribution in [3.05, 3.63) is 45.4 Å². The van der Waals surface area contributed by atoms with Crippen LogP contribution in [0.1, 0.15) is 132 Å². The van der Waals surface area contributed by atoms with Gasteiger partial charge in [-0.3, -0.25) is 24.1 Å². The lowest BCUT2D eigenvalue weighted by atomic mass is 9.80. The number of piperidine rings is 1. The van der Waals surface area contributed by atoms with Gasteiger partial charge in [-0.2, -0.15) is 0 Å². The molecule has 0 spiro atoms. The highest BCUT2D eigenvalue weighted by atomic mass is 32.1. The molecular weight excluding hydrogens is 855 g/mol. The van der Waals surface area contributed by atoms with Crippen LogP contribution in [0.25, 0.3) is 0 Å². The zero-order valence-electron chi connectivity index (χ0n) is 39.6. The van der Waals surface area contributed by atoms with Crippen molar-refractivity contribution in [3.8, 4) is 5.75 Å². The number of fused-ring (bicyclic) bond motifs is 1. The van der Waals surface area contributed by atoms with E-state index in [1.54, 1.807) is 23.6 Å². The molecule has 0 saturated carbocycles. The van der Waals surface area contributed by atoms with Gasteiger partial charge in [-0.1, -0.05) is 60.5 Å². The molecule has 18 heteroatoms. The summed E-state index contributed by atoms with van der Waals surface area (Å²) < 4.78 is 22.5. The summed E-state index contributed by atoms with van der Waals surface area (Å²) in [5.41, 5.74) is 6.83. The van der Waals surface area contributed by atoms with Crippen molar-refractivity contribution in [1.82, 2.24) is 30.7 Å². The number of nitrogens with zero attached hydrogens (tertiary/aromatic N) is 3. The summed E-state index contributed by atoms with van der Waals surface area (Å²) in [4.78, 5) is 75.9. The zero-order valence-corrected chi connectivity index (χ0v) is 40.4. The molecule has 1 fully saturated rings. The predicted octanol–water partition coefficient (Wildman–Crippen LogP) is 5.27. The topological polar surface area (TPSA) is 224 Å². The van der Waals surface area contributed by atoms with Crippen molar-refractivity contribution in [2.75, 3.05) is 66.3 Å². The number of rotatable bonds is 27. The summed E-state index contributed by atoms with van der Waals surface area (Å²) in [5.74, 6) is -2.47. The van der Waals surface area contributed by atoms with Crippen LogP contribution >= 0.6 is 11.3 Å². The number of nitrogens with one attached hydrogen (secondary N) is 3. The standard InChI is InChI=1S/C47H75N7O10S/c1-8-18-54(45(57)41(31(6)10-3)52-43(56)38-13-11-12-19-53(38)7)39(30(4)5)28-40(63-20-9-2)44-51-37(29-65-44)42(55)50-33-25-32-14-15-34(27-35(32)36(26-33)46(58)59)64-47(60)49-17-22-62-24-23-61-21-16-48/h14-15,27,29-31,33,36,38-41H,8-13,16-26,28,48H2,1-7H3,(H,49,60)(H,50,55)(H,52,56)(H,58,59). The number of likely N-dealkylation sites (N-methyl/N-ethyl adjacent to an activating group) is 1. The first-order valence-electron chi connectivity index (χ1n) is 23.6. The SMILES string of the molecule is CCCOC(CC(C(C)C)N(CCC)C(=O)C(NC(=O)C1CCCCN1C)C(C)CC)c1nc(C(=O)NC2Cc3ccc(OC(=O)NCCOCCOCCN)cc3C(C(=O)O)C2)cs1. The van der Waals surface area contributed by atoms with Crippen molar-refractivity contribution < 1.29 is 48.0 Å². The van der Waals surface area contributed by atoms with E-state index < -0.39 is 42.1 Å². The largest absolute Gasteiger partial charge is 0.481 e. The summed E-state index contributed by atoms with van der Waals surface area (Å²) in [6.07, 6.45) is 4.75. The second-order valence-corrected chi connectivity index (χ2v) is 18.5. The molecule has 1 aliphatic heterocycles. The third kappa shape index (κ3) is 16.0. The Morgan fingerprint density at radius 1 is 1.02 bits per heavy atom. The van der Waals surface area contributed by atoms with Gasteiger partial charge >= 0.3 is 12.1 Å². The molecule has 17 nitrogen and oxygen atoms in total. The summed E-state index contributed by atoms with van der Waals surface area (Å²) >= 11 is 1.32. The van der Waals surface area contributed by atoms with Gasteiger partial charge in [-0.05, 0) is 87.2 Å². The van der Waals surface area contributed by atoms with Crippen LogP contribution in [0.15, 0.2) is 23.6 Å². The van der Waals surface area contributed by atoms with Crippen molar-refractivity contribution in [2.24, 2.45) is 17.6 Å². The van der Waals surface area contributed by atoms with E-state index in [0.717, 1.165) is 50.6 Å². The highest BCUT2D eigenvalue weighted by Crippen LogP contribution is 2.36. The summed E-state index contributed by atoms with van der Waals surface area (Å²) in [7, 11) is 1.97. The van der Waals surface area contributed by atoms with Crippen molar-refractivity contribution >= 4 is 41.1 Å². The van der Waals surface area contributed by atoms with Gasteiger partial charge in [-0.15, -0.1) is 11.3 Å². The van der Waals surface area contributed by atoms with Gasteiger partial charge in [-0.25, -0.2) is 9.78 Å². The van der Waals surface area contributed by atoms with E-state index in [2.05, 4.69) is 34.7 Å². The van der Waals surface area contributed by atoms with Gasteiger partial charge in [0, 0.05) is 50.1 Å². The van der Waals surface area contributed by atoms with Crippen LogP contribution in [-0.2, 0) is 35.0 Å². The molecule has 1 saturated heterocycles. The minimum absolute atomic E-state index is 0.0398. The minimum Gasteiger partial charge on any atom is -0.481 e. The molecule has 2 heterocycles. The van der Waals surface area contributed by atoms with Crippen LogP contribution in [0, 0.1) is 11.8 Å². The van der Waals surface area contributed by atoms with Crippen molar-refractivity contribution in [1.29, 1.82) is 0 Å². The molecule has 4 amide bonds. The Labute approximate surface area is 389 Å². The predicted molar refractivity (Wildman–Crippen MR) is 249 cm³/mol. The number of carboxylic acids is 1. The van der Waals surface area contributed by atoms with E-state index in [0.29, 0.717) is 62.9 Å². The maximum atomic E-state index is 14.7. The molecule has 2 aliphatic rings. The number of amides is 4. The van der Waals surface area contributed by atoms with Crippen LogP contribution in [0.4, 0.5) is 4.79 Å². The number of benzene rings is 1. The number of carboxylic acid groups (broad SMARTS) is 1. The van der Waals surface area contributed by atoms with Crippen molar-refractivity contribution in [2.45, 2.75) is 136 Å². The number of hydrogen-bond acceptors (Lipinski definition) is 13. The smallest absolute Gasteiger partial charge is 0.412 e. The Morgan fingerprint density at radius 3 is 2.43 bits per heavy atom. The van der Waals surface area contributed by atoms with E-state index in [4.69, 9.17) is 29.7 Å². The number of nitrogens with two attached hydrogens (primary N) is 1. The first kappa shape index (κ1) is 53.4. The molecule has 1 aromatic heterocycles. The van der Waals surface area contributed by atoms with Crippen LogP contribution in [0.3, 0.4) is 0 Å². The average molecular weight is 930 g/mol. The number of carbonyl (C=O) groups excluding carboxylic acids is 4. The molecule has 7 atom stereocenters. The van der Waals surface area contributed by atoms with E-state index in [1.807, 2.05) is 39.6 Å². The van der Waals surface area contributed by atoms with Gasteiger partial charge in [0.05, 0.1) is 38.4 Å². The Bertz CT molecular complexity index is 1830. The lowest BCUT2D eigenvalue weighted by Gasteiger charge is -2.40. The minimum atomic E-state index is -1.06. The Hall–Kier alpha value is -4.20. The lowest BCUT2D eigenvalue weighted by Crippen LogP contribution is -2.58. The summed E-state index contributed by atoms with van der Waals surface area (Å²) in [6.45, 7) is 16.2. The maximum absolute atomic E-state index is 14.7.